The molecular formula is C25H31ClN6O4S. The molecule has 1 aliphatic carbocycles. The molecule has 2 atom stereocenters. The Morgan fingerprint density at radius 2 is 1.97 bits per heavy atom. The van der Waals surface area contributed by atoms with Crippen LogP contribution in [0.1, 0.15) is 25.0 Å². The number of carbonyl (C=O) groups is 1. The number of morpholine rings is 1. The van der Waals surface area contributed by atoms with Crippen molar-refractivity contribution in [1.29, 1.82) is 5.26 Å². The Labute approximate surface area is 222 Å². The third-order valence-electron chi connectivity index (χ3n) is 7.29. The van der Waals surface area contributed by atoms with Crippen LogP contribution in [0.3, 0.4) is 0 Å². The number of rotatable bonds is 8. The number of anilines is 1. The first-order valence-electron chi connectivity index (χ1n) is 12.6. The molecule has 1 amide bonds. The second-order valence-electron chi connectivity index (χ2n) is 9.86. The lowest BCUT2D eigenvalue weighted by Crippen LogP contribution is -2.45. The Morgan fingerprint density at radius 1 is 1.24 bits per heavy atom. The van der Waals surface area contributed by atoms with Gasteiger partial charge in [0.05, 0.1) is 40.6 Å². The summed E-state index contributed by atoms with van der Waals surface area (Å²) in [6, 6.07) is 7.37. The first kappa shape index (κ1) is 26.0. The van der Waals surface area contributed by atoms with Crippen molar-refractivity contribution in [2.75, 3.05) is 44.3 Å². The third kappa shape index (κ3) is 5.34. The molecule has 2 aromatic rings. The average Bonchev–Trinajstić information content (AvgIpc) is 3.50. The first-order chi connectivity index (χ1) is 17.8. The molecular weight excluding hydrogens is 516 g/mol. The molecule has 1 aromatic carbocycles. The van der Waals surface area contributed by atoms with Crippen molar-refractivity contribution >= 4 is 33.2 Å². The van der Waals surface area contributed by atoms with Gasteiger partial charge in [0.1, 0.15) is 11.9 Å². The van der Waals surface area contributed by atoms with Crippen LogP contribution in [0, 0.1) is 18.4 Å². The molecule has 0 radical (unpaired) electrons. The Bertz CT molecular complexity index is 1300. The fourth-order valence-corrected chi connectivity index (χ4v) is 7.38. The van der Waals surface area contributed by atoms with Crippen LogP contribution in [-0.2, 0) is 25.9 Å². The Balaban J connectivity index is 1.46. The van der Waals surface area contributed by atoms with Crippen LogP contribution in [0.25, 0.3) is 0 Å². The van der Waals surface area contributed by atoms with Gasteiger partial charge in [-0.25, -0.2) is 18.0 Å². The number of aryl methyl sites for hydroxylation is 1. The number of amides is 1. The number of hydrogen-bond donors (Lipinski definition) is 0. The highest BCUT2D eigenvalue weighted by Gasteiger charge is 2.48. The van der Waals surface area contributed by atoms with E-state index in [4.69, 9.17) is 16.3 Å². The van der Waals surface area contributed by atoms with Gasteiger partial charge in [0.25, 0.3) is 5.91 Å². The molecule has 37 heavy (non-hydrogen) atoms. The van der Waals surface area contributed by atoms with Crippen molar-refractivity contribution in [3.63, 3.8) is 0 Å². The number of carbonyl (C=O) groups excluding carboxylic acids is 1. The van der Waals surface area contributed by atoms with Crippen LogP contribution < -0.4 is 4.90 Å². The van der Waals surface area contributed by atoms with E-state index in [0.717, 1.165) is 38.2 Å². The predicted octanol–water partition coefficient (Wildman–Crippen LogP) is 2.07. The molecule has 0 bridgehead atoms. The van der Waals surface area contributed by atoms with E-state index in [1.807, 2.05) is 28.8 Å². The molecule has 198 valence electrons. The molecule has 3 aliphatic rings. The summed E-state index contributed by atoms with van der Waals surface area (Å²) in [6.45, 7) is 6.42. The Kier molecular flexibility index (Phi) is 7.45. The number of nitrogens with zero attached hydrogens (tertiary/aromatic N) is 6. The van der Waals surface area contributed by atoms with Gasteiger partial charge in [-0.2, -0.15) is 10.4 Å². The quantitative estimate of drug-likeness (QED) is 0.365. The number of sulfone groups is 1. The number of halogens is 1. The minimum absolute atomic E-state index is 0.0612. The van der Waals surface area contributed by atoms with Crippen molar-refractivity contribution in [2.45, 2.75) is 55.0 Å². The van der Waals surface area contributed by atoms with Crippen molar-refractivity contribution < 1.29 is 17.9 Å². The highest BCUT2D eigenvalue weighted by Crippen LogP contribution is 2.36. The summed E-state index contributed by atoms with van der Waals surface area (Å²) in [5.74, 6) is 0.329. The van der Waals surface area contributed by atoms with Crippen LogP contribution in [0.5, 0.6) is 0 Å². The number of benzene rings is 1. The van der Waals surface area contributed by atoms with Gasteiger partial charge in [-0.3, -0.25) is 9.69 Å². The van der Waals surface area contributed by atoms with E-state index >= 15 is 0 Å². The van der Waals surface area contributed by atoms with E-state index in [0.29, 0.717) is 25.6 Å². The summed E-state index contributed by atoms with van der Waals surface area (Å²) in [6.07, 6.45) is 3.68. The lowest BCUT2D eigenvalue weighted by Gasteiger charge is -2.29. The van der Waals surface area contributed by atoms with Crippen molar-refractivity contribution in [2.24, 2.45) is 0 Å². The standard InChI is InChI=1S/C25H31ClN6O4S/c1-18-14-24(32(28-18)9-8-29-10-12-36-13-11-29)30-16-20(37(34,35)23-5-3-2-4-21(23)26)15-22(30)25(33)31(17-27)19-6-7-19/h2-5,14,19-20,22H,6-13,15-16H2,1H3/t20-,22+/m1/s1. The molecule has 1 saturated carbocycles. The molecule has 0 spiro atoms. The Morgan fingerprint density at radius 3 is 2.65 bits per heavy atom. The molecule has 0 N–H and O–H groups in total. The zero-order chi connectivity index (χ0) is 26.2. The van der Waals surface area contributed by atoms with Crippen LogP contribution >= 0.6 is 11.6 Å². The summed E-state index contributed by atoms with van der Waals surface area (Å²) < 4.78 is 34.6. The highest BCUT2D eigenvalue weighted by molar-refractivity contribution is 7.92. The van der Waals surface area contributed by atoms with Crippen molar-refractivity contribution in [1.82, 2.24) is 19.6 Å². The van der Waals surface area contributed by atoms with Crippen LogP contribution in [0.2, 0.25) is 5.02 Å². The maximum Gasteiger partial charge on any atom is 0.258 e. The fraction of sp³-hybridized carbons (Fsp3) is 0.560. The first-order valence-corrected chi connectivity index (χ1v) is 14.5. The zero-order valence-corrected chi connectivity index (χ0v) is 22.4. The van der Waals surface area contributed by atoms with E-state index in [-0.39, 0.29) is 34.8 Å². The second kappa shape index (κ2) is 10.6. The van der Waals surface area contributed by atoms with E-state index in [9.17, 15) is 18.5 Å². The minimum Gasteiger partial charge on any atom is -0.379 e. The summed E-state index contributed by atoms with van der Waals surface area (Å²) in [7, 11) is -3.83. The van der Waals surface area contributed by atoms with Gasteiger partial charge < -0.3 is 9.64 Å². The van der Waals surface area contributed by atoms with Gasteiger partial charge in [-0.15, -0.1) is 0 Å². The maximum absolute atomic E-state index is 13.7. The van der Waals surface area contributed by atoms with Crippen molar-refractivity contribution in [3.8, 4) is 6.19 Å². The summed E-state index contributed by atoms with van der Waals surface area (Å²) in [5.41, 5.74) is 0.778. The van der Waals surface area contributed by atoms with E-state index in [2.05, 4.69) is 10.00 Å². The molecule has 5 rings (SSSR count). The van der Waals surface area contributed by atoms with Gasteiger partial charge in [-0.05, 0) is 38.3 Å². The summed E-state index contributed by atoms with van der Waals surface area (Å²) >= 11 is 6.27. The van der Waals surface area contributed by atoms with Gasteiger partial charge in [-0.1, -0.05) is 23.7 Å². The monoisotopic (exact) mass is 546 g/mol. The Hall–Kier alpha value is -2.65. The zero-order valence-electron chi connectivity index (χ0n) is 20.8. The van der Waals surface area contributed by atoms with Gasteiger partial charge in [0.2, 0.25) is 0 Å². The lowest BCUT2D eigenvalue weighted by atomic mass is 10.2. The predicted molar refractivity (Wildman–Crippen MR) is 138 cm³/mol. The molecule has 12 heteroatoms. The number of ether oxygens (including phenoxy) is 1. The van der Waals surface area contributed by atoms with E-state index < -0.39 is 21.1 Å². The van der Waals surface area contributed by atoms with Gasteiger partial charge in [0, 0.05) is 38.3 Å². The molecule has 0 unspecified atom stereocenters. The van der Waals surface area contributed by atoms with Crippen LogP contribution in [-0.4, -0.2) is 90.6 Å². The minimum atomic E-state index is -3.83. The second-order valence-corrected chi connectivity index (χ2v) is 12.5. The normalized spacial score (nSPS) is 22.7. The average molecular weight is 547 g/mol. The molecule has 3 fully saturated rings. The fourth-order valence-electron chi connectivity index (χ4n) is 5.16. The van der Waals surface area contributed by atoms with Crippen LogP contribution in [0.15, 0.2) is 35.2 Å². The van der Waals surface area contributed by atoms with E-state index in [1.165, 1.54) is 11.0 Å². The van der Waals surface area contributed by atoms with E-state index in [1.54, 1.807) is 18.2 Å². The topological polar surface area (TPSA) is 112 Å². The molecule has 1 aromatic heterocycles. The molecule has 2 aliphatic heterocycles. The molecule has 3 heterocycles. The number of hydrogen-bond acceptors (Lipinski definition) is 8. The van der Waals surface area contributed by atoms with Gasteiger partial charge >= 0.3 is 0 Å². The number of aromatic nitrogens is 2. The van der Waals surface area contributed by atoms with Crippen molar-refractivity contribution in [3.05, 3.63) is 41.0 Å². The molecule has 2 saturated heterocycles. The lowest BCUT2D eigenvalue weighted by molar-refractivity contribution is -0.129. The third-order valence-corrected chi connectivity index (χ3v) is 9.92. The highest BCUT2D eigenvalue weighted by atomic mass is 35.5. The van der Waals surface area contributed by atoms with Gasteiger partial charge in [0.15, 0.2) is 16.0 Å². The largest absolute Gasteiger partial charge is 0.379 e. The SMILES string of the molecule is Cc1cc(N2C[C@H](S(=O)(=O)c3ccccc3Cl)C[C@H]2C(=O)N(C#N)C2CC2)n(CCN2CCOCC2)n1. The summed E-state index contributed by atoms with van der Waals surface area (Å²) in [4.78, 5) is 19.0. The molecule has 10 nitrogen and oxygen atoms in total. The number of nitriles is 1. The maximum atomic E-state index is 13.7. The van der Waals surface area contributed by atoms with Crippen LogP contribution in [0.4, 0.5) is 5.82 Å². The smallest absolute Gasteiger partial charge is 0.258 e. The summed E-state index contributed by atoms with van der Waals surface area (Å²) in [5, 5.41) is 13.7.